The molecule has 0 heterocycles. The van der Waals surface area contributed by atoms with E-state index in [9.17, 15) is 4.79 Å². The third-order valence-corrected chi connectivity index (χ3v) is 5.40. The summed E-state index contributed by atoms with van der Waals surface area (Å²) in [6, 6.07) is 0.837. The summed E-state index contributed by atoms with van der Waals surface area (Å²) in [4.78, 5) is 11.2. The van der Waals surface area contributed by atoms with E-state index in [1.54, 1.807) is 14.2 Å². The molecule has 0 bridgehead atoms. The zero-order valence-corrected chi connectivity index (χ0v) is 10.3. The second-order valence-electron chi connectivity index (χ2n) is 4.15. The number of carbonyl (C=O) groups is 1. The molecule has 1 aliphatic carbocycles. The van der Waals surface area contributed by atoms with Crippen LogP contribution in [0, 0.1) is 5.41 Å². The first-order valence-electron chi connectivity index (χ1n) is 5.28. The third-order valence-electron chi connectivity index (χ3n) is 3.20. The van der Waals surface area contributed by atoms with Gasteiger partial charge >= 0.3 is 9.28 Å². The molecule has 4 heteroatoms. The molecule has 0 atom stereocenters. The Morgan fingerprint density at radius 2 is 1.79 bits per heavy atom. The lowest BCUT2D eigenvalue weighted by atomic mass is 9.77. The molecule has 0 amide bonds. The van der Waals surface area contributed by atoms with Crippen LogP contribution in [-0.2, 0) is 13.6 Å². The highest BCUT2D eigenvalue weighted by Gasteiger charge is 2.35. The maximum Gasteiger partial charge on any atom is 0.321 e. The minimum Gasteiger partial charge on any atom is -0.400 e. The van der Waals surface area contributed by atoms with Crippen LogP contribution >= 0.6 is 0 Å². The van der Waals surface area contributed by atoms with Gasteiger partial charge in [0.25, 0.3) is 0 Å². The van der Waals surface area contributed by atoms with E-state index >= 15 is 0 Å². The maximum absolute atomic E-state index is 11.2. The van der Waals surface area contributed by atoms with Crippen LogP contribution in [0.3, 0.4) is 0 Å². The van der Waals surface area contributed by atoms with Crippen LogP contribution in [0.15, 0.2) is 0 Å². The SMILES string of the molecule is CO[SiH](CC1(C=O)CCCCC1)OC. The summed E-state index contributed by atoms with van der Waals surface area (Å²) < 4.78 is 10.6. The lowest BCUT2D eigenvalue weighted by Gasteiger charge is -2.33. The van der Waals surface area contributed by atoms with Crippen LogP contribution in [0.2, 0.25) is 6.04 Å². The molecule has 82 valence electrons. The first-order chi connectivity index (χ1) is 6.76. The molecule has 0 aromatic heterocycles. The summed E-state index contributed by atoms with van der Waals surface area (Å²) in [6.07, 6.45) is 6.80. The summed E-state index contributed by atoms with van der Waals surface area (Å²) in [5.41, 5.74) is -0.124. The van der Waals surface area contributed by atoms with E-state index in [-0.39, 0.29) is 5.41 Å². The third kappa shape index (κ3) is 2.90. The van der Waals surface area contributed by atoms with E-state index in [0.29, 0.717) is 0 Å². The van der Waals surface area contributed by atoms with Crippen molar-refractivity contribution in [2.24, 2.45) is 5.41 Å². The van der Waals surface area contributed by atoms with Gasteiger partial charge in [0.1, 0.15) is 6.29 Å². The van der Waals surface area contributed by atoms with Crippen molar-refractivity contribution in [1.29, 1.82) is 0 Å². The van der Waals surface area contributed by atoms with Crippen LogP contribution in [0.4, 0.5) is 0 Å². The molecule has 1 saturated carbocycles. The molecule has 3 nitrogen and oxygen atoms in total. The van der Waals surface area contributed by atoms with Gasteiger partial charge in [-0.1, -0.05) is 19.3 Å². The lowest BCUT2D eigenvalue weighted by molar-refractivity contribution is -0.117. The molecule has 14 heavy (non-hydrogen) atoms. The molecule has 0 aliphatic heterocycles. The summed E-state index contributed by atoms with van der Waals surface area (Å²) in [5, 5.41) is 0. The Labute approximate surface area is 87.6 Å². The molecule has 0 spiro atoms. The molecular weight excluding hydrogens is 196 g/mol. The fourth-order valence-corrected chi connectivity index (χ4v) is 3.91. The van der Waals surface area contributed by atoms with Crippen molar-refractivity contribution in [3.05, 3.63) is 0 Å². The Bertz CT molecular complexity index is 174. The van der Waals surface area contributed by atoms with Gasteiger partial charge in [-0.25, -0.2) is 0 Å². The second-order valence-corrected chi connectivity index (χ2v) is 6.36. The molecule has 1 rings (SSSR count). The van der Waals surface area contributed by atoms with Gasteiger partial charge in [0.05, 0.1) is 0 Å². The van der Waals surface area contributed by atoms with Gasteiger partial charge in [0.15, 0.2) is 0 Å². The average Bonchev–Trinajstić information content (AvgIpc) is 2.27. The molecule has 0 saturated heterocycles. The number of hydrogen-bond acceptors (Lipinski definition) is 3. The van der Waals surface area contributed by atoms with Gasteiger partial charge in [-0.15, -0.1) is 0 Å². The summed E-state index contributed by atoms with van der Waals surface area (Å²) in [5.74, 6) is 0. The number of hydrogen-bond donors (Lipinski definition) is 0. The zero-order valence-electron chi connectivity index (χ0n) is 9.12. The highest BCUT2D eigenvalue weighted by molar-refractivity contribution is 6.44. The van der Waals surface area contributed by atoms with Crippen molar-refractivity contribution >= 4 is 15.6 Å². The topological polar surface area (TPSA) is 35.5 Å². The van der Waals surface area contributed by atoms with Crippen LogP contribution in [0.1, 0.15) is 32.1 Å². The molecule has 0 aromatic rings. The van der Waals surface area contributed by atoms with E-state index in [4.69, 9.17) is 8.85 Å². The minimum absolute atomic E-state index is 0.124. The highest BCUT2D eigenvalue weighted by Crippen LogP contribution is 2.38. The molecule has 1 fully saturated rings. The van der Waals surface area contributed by atoms with E-state index in [1.807, 2.05) is 0 Å². The number of aldehydes is 1. The van der Waals surface area contributed by atoms with E-state index in [1.165, 1.54) is 19.3 Å². The maximum atomic E-state index is 11.2. The molecular formula is C10H20O3Si. The van der Waals surface area contributed by atoms with Gasteiger partial charge in [0, 0.05) is 25.7 Å². The Kier molecular flexibility index (Phi) is 4.78. The van der Waals surface area contributed by atoms with Crippen molar-refractivity contribution in [2.45, 2.75) is 38.1 Å². The fraction of sp³-hybridized carbons (Fsp3) is 0.900. The lowest BCUT2D eigenvalue weighted by Crippen LogP contribution is -2.34. The number of carbonyl (C=O) groups excluding carboxylic acids is 1. The predicted molar refractivity (Wildman–Crippen MR) is 57.6 cm³/mol. The first kappa shape index (κ1) is 11.9. The predicted octanol–water partition coefficient (Wildman–Crippen LogP) is 1.65. The normalized spacial score (nSPS) is 21.1. The minimum atomic E-state index is -1.58. The second kappa shape index (κ2) is 5.63. The van der Waals surface area contributed by atoms with Gasteiger partial charge in [-0.2, -0.15) is 0 Å². The average molecular weight is 216 g/mol. The quantitative estimate of drug-likeness (QED) is 0.518. The van der Waals surface area contributed by atoms with Crippen molar-refractivity contribution < 1.29 is 13.6 Å². The van der Waals surface area contributed by atoms with E-state index in [0.717, 1.165) is 25.2 Å². The Balaban J connectivity index is 2.54. The Hall–Kier alpha value is -0.193. The molecule has 0 unspecified atom stereocenters. The van der Waals surface area contributed by atoms with Crippen molar-refractivity contribution in [3.63, 3.8) is 0 Å². The highest BCUT2D eigenvalue weighted by atomic mass is 28.3. The van der Waals surface area contributed by atoms with Crippen molar-refractivity contribution in [2.75, 3.05) is 14.2 Å². The smallest absolute Gasteiger partial charge is 0.321 e. The molecule has 1 aliphatic rings. The van der Waals surface area contributed by atoms with E-state index in [2.05, 4.69) is 0 Å². The largest absolute Gasteiger partial charge is 0.400 e. The molecule has 0 radical (unpaired) electrons. The fourth-order valence-electron chi connectivity index (χ4n) is 2.22. The molecule has 0 aromatic carbocycles. The standard InChI is InChI=1S/C10H20O3Si/c1-12-14(13-2)9-10(8-11)6-4-3-5-7-10/h8,14H,3-7,9H2,1-2H3. The van der Waals surface area contributed by atoms with Crippen LogP contribution in [0.25, 0.3) is 0 Å². The Morgan fingerprint density at radius 3 is 2.21 bits per heavy atom. The zero-order chi connectivity index (χ0) is 10.4. The summed E-state index contributed by atoms with van der Waals surface area (Å²) in [6.45, 7) is 0. The van der Waals surface area contributed by atoms with Crippen LogP contribution in [0.5, 0.6) is 0 Å². The van der Waals surface area contributed by atoms with Gasteiger partial charge in [0.2, 0.25) is 0 Å². The van der Waals surface area contributed by atoms with Gasteiger partial charge in [-0.3, -0.25) is 0 Å². The summed E-state index contributed by atoms with van der Waals surface area (Å²) >= 11 is 0. The summed E-state index contributed by atoms with van der Waals surface area (Å²) in [7, 11) is 1.78. The van der Waals surface area contributed by atoms with Crippen molar-refractivity contribution in [3.8, 4) is 0 Å². The van der Waals surface area contributed by atoms with Gasteiger partial charge in [-0.05, 0) is 12.8 Å². The monoisotopic (exact) mass is 216 g/mol. The molecule has 0 N–H and O–H groups in total. The number of rotatable bonds is 5. The van der Waals surface area contributed by atoms with Gasteiger partial charge < -0.3 is 13.6 Å². The Morgan fingerprint density at radius 1 is 1.21 bits per heavy atom. The van der Waals surface area contributed by atoms with Crippen molar-refractivity contribution in [1.82, 2.24) is 0 Å². The van der Waals surface area contributed by atoms with E-state index < -0.39 is 9.28 Å². The van der Waals surface area contributed by atoms with Crippen LogP contribution < -0.4 is 0 Å². The first-order valence-corrected chi connectivity index (χ1v) is 7.04. The van der Waals surface area contributed by atoms with Crippen LogP contribution in [-0.4, -0.2) is 29.8 Å².